The van der Waals surface area contributed by atoms with Crippen molar-refractivity contribution in [1.82, 2.24) is 9.13 Å². The van der Waals surface area contributed by atoms with Gasteiger partial charge in [-0.05, 0) is 48.5 Å². The second-order valence-electron chi connectivity index (χ2n) is 13.6. The molecule has 242 valence electrons. The van der Waals surface area contributed by atoms with Crippen molar-refractivity contribution < 1.29 is 8.83 Å². The van der Waals surface area contributed by atoms with Crippen molar-refractivity contribution >= 4 is 87.5 Å². The molecule has 12 aromatic rings. The van der Waals surface area contributed by atoms with Gasteiger partial charge in [0.25, 0.3) is 0 Å². The Hall–Kier alpha value is -7.04. The molecule has 0 N–H and O–H groups in total. The zero-order chi connectivity index (χ0) is 33.9. The highest BCUT2D eigenvalue weighted by molar-refractivity contribution is 6.30. The molecule has 0 aliphatic heterocycles. The van der Waals surface area contributed by atoms with Crippen molar-refractivity contribution in [2.24, 2.45) is 0 Å². The second kappa shape index (κ2) is 10.3. The number of benzene rings is 8. The summed E-state index contributed by atoms with van der Waals surface area (Å²) in [6.07, 6.45) is 0. The first-order valence-corrected chi connectivity index (χ1v) is 17.7. The lowest BCUT2D eigenvalue weighted by Gasteiger charge is -2.12. The first kappa shape index (κ1) is 27.7. The number of nitrogens with zero attached hydrogens (tertiary/aromatic N) is 2. The summed E-state index contributed by atoms with van der Waals surface area (Å²) in [5, 5.41) is 9.28. The van der Waals surface area contributed by atoms with Gasteiger partial charge < -0.3 is 18.0 Å². The Balaban J connectivity index is 1.30. The summed E-state index contributed by atoms with van der Waals surface area (Å²) in [4.78, 5) is 0. The molecule has 4 nitrogen and oxygen atoms in total. The van der Waals surface area contributed by atoms with E-state index in [0.29, 0.717) is 0 Å². The molecule has 12 rings (SSSR count). The van der Waals surface area contributed by atoms with Crippen molar-refractivity contribution in [3.05, 3.63) is 170 Å². The third-order valence-electron chi connectivity index (χ3n) is 10.9. The molecule has 0 radical (unpaired) electrons. The van der Waals surface area contributed by atoms with Crippen molar-refractivity contribution in [3.63, 3.8) is 0 Å². The van der Waals surface area contributed by atoms with E-state index >= 15 is 0 Å². The summed E-state index contributed by atoms with van der Waals surface area (Å²) >= 11 is 0. The van der Waals surface area contributed by atoms with Gasteiger partial charge in [0.15, 0.2) is 5.58 Å². The quantitative estimate of drug-likeness (QED) is 0.188. The van der Waals surface area contributed by atoms with Crippen LogP contribution in [0.1, 0.15) is 0 Å². The Morgan fingerprint density at radius 3 is 1.63 bits per heavy atom. The number of hydrogen-bond acceptors (Lipinski definition) is 2. The second-order valence-corrected chi connectivity index (χ2v) is 13.6. The van der Waals surface area contributed by atoms with Crippen LogP contribution in [0.2, 0.25) is 0 Å². The Morgan fingerprint density at radius 1 is 0.327 bits per heavy atom. The molecule has 0 unspecified atom stereocenters. The standard InChI is InChI=1S/C48H28N2O2/c1-2-13-29(14-3-1)49-38-23-7-4-17-36(38)44-39(49)27-28-40-45(44)37-22-10-18-32(35-20-11-19-33-30-15-5-8-25-42(30)51-47(33)35)46(37)50(40)41-24-12-21-34-31-16-6-9-26-43(31)52-48(34)41/h1-28H. The molecule has 0 amide bonds. The number of para-hydroxylation sites is 7. The van der Waals surface area contributed by atoms with Crippen LogP contribution in [0.25, 0.3) is 110 Å². The van der Waals surface area contributed by atoms with E-state index in [4.69, 9.17) is 8.83 Å². The molecular formula is C48H28N2O2. The number of furan rings is 2. The third kappa shape index (κ3) is 3.60. The van der Waals surface area contributed by atoms with Crippen LogP contribution in [0, 0.1) is 0 Å². The summed E-state index contributed by atoms with van der Waals surface area (Å²) in [7, 11) is 0. The molecule has 8 aromatic carbocycles. The monoisotopic (exact) mass is 664 g/mol. The molecule has 0 fully saturated rings. The molecule has 0 aliphatic carbocycles. The molecule has 4 heteroatoms. The minimum atomic E-state index is 0.867. The zero-order valence-corrected chi connectivity index (χ0v) is 27.9. The summed E-state index contributed by atoms with van der Waals surface area (Å²) in [5.41, 5.74) is 12.4. The van der Waals surface area contributed by atoms with E-state index in [1.54, 1.807) is 0 Å². The smallest absolute Gasteiger partial charge is 0.159 e. The van der Waals surface area contributed by atoms with Crippen LogP contribution in [0.15, 0.2) is 179 Å². The average Bonchev–Trinajstić information content (AvgIpc) is 3.95. The highest BCUT2D eigenvalue weighted by Gasteiger charge is 2.25. The van der Waals surface area contributed by atoms with Gasteiger partial charge in [0.05, 0.1) is 27.8 Å². The van der Waals surface area contributed by atoms with Gasteiger partial charge in [-0.2, -0.15) is 0 Å². The number of hydrogen-bond donors (Lipinski definition) is 0. The maximum absolute atomic E-state index is 6.74. The molecule has 0 bridgehead atoms. The van der Waals surface area contributed by atoms with Gasteiger partial charge in [-0.1, -0.05) is 121 Å². The third-order valence-corrected chi connectivity index (χ3v) is 10.9. The molecule has 4 aromatic heterocycles. The van der Waals surface area contributed by atoms with E-state index in [0.717, 1.165) is 77.4 Å². The van der Waals surface area contributed by atoms with Crippen LogP contribution in [0.3, 0.4) is 0 Å². The fourth-order valence-electron chi connectivity index (χ4n) is 8.81. The molecule has 0 saturated carbocycles. The fourth-order valence-corrected chi connectivity index (χ4v) is 8.81. The largest absolute Gasteiger partial charge is 0.455 e. The SMILES string of the molecule is c1ccc(-n2c3ccccc3c3c4c5cccc(-c6cccc7c6oc6ccccc67)c5n(-c5cccc6c5oc5ccccc56)c4ccc32)cc1. The topological polar surface area (TPSA) is 36.1 Å². The summed E-state index contributed by atoms with van der Waals surface area (Å²) in [5.74, 6) is 0. The molecular weight excluding hydrogens is 637 g/mol. The van der Waals surface area contributed by atoms with Gasteiger partial charge in [0.1, 0.15) is 16.7 Å². The van der Waals surface area contributed by atoms with E-state index in [1.165, 1.54) is 32.6 Å². The van der Waals surface area contributed by atoms with Crippen molar-refractivity contribution in [2.75, 3.05) is 0 Å². The van der Waals surface area contributed by atoms with Gasteiger partial charge in [-0.25, -0.2) is 0 Å². The van der Waals surface area contributed by atoms with Crippen LogP contribution >= 0.6 is 0 Å². The van der Waals surface area contributed by atoms with Crippen LogP contribution in [-0.2, 0) is 0 Å². The Labute approximate surface area is 296 Å². The van der Waals surface area contributed by atoms with Crippen LogP contribution in [-0.4, -0.2) is 9.13 Å². The van der Waals surface area contributed by atoms with E-state index in [2.05, 4.69) is 167 Å². The summed E-state index contributed by atoms with van der Waals surface area (Å²) < 4.78 is 18.2. The molecule has 0 aliphatic rings. The Kier molecular flexibility index (Phi) is 5.47. The molecule has 4 heterocycles. The predicted molar refractivity (Wildman–Crippen MR) is 215 cm³/mol. The lowest BCUT2D eigenvalue weighted by Crippen LogP contribution is -1.96. The highest BCUT2D eigenvalue weighted by Crippen LogP contribution is 2.47. The fraction of sp³-hybridized carbons (Fsp3) is 0. The molecule has 52 heavy (non-hydrogen) atoms. The van der Waals surface area contributed by atoms with Crippen molar-refractivity contribution in [1.29, 1.82) is 0 Å². The van der Waals surface area contributed by atoms with Crippen LogP contribution in [0.4, 0.5) is 0 Å². The predicted octanol–water partition coefficient (Wildman–Crippen LogP) is 13.3. The van der Waals surface area contributed by atoms with Gasteiger partial charge in [-0.3, -0.25) is 0 Å². The van der Waals surface area contributed by atoms with E-state index in [-0.39, 0.29) is 0 Å². The van der Waals surface area contributed by atoms with Gasteiger partial charge in [0, 0.05) is 59.9 Å². The van der Waals surface area contributed by atoms with Gasteiger partial charge >= 0.3 is 0 Å². The maximum Gasteiger partial charge on any atom is 0.159 e. The summed E-state index contributed by atoms with van der Waals surface area (Å²) in [6, 6.07) is 60.4. The number of fused-ring (bicyclic) bond motifs is 13. The average molecular weight is 665 g/mol. The van der Waals surface area contributed by atoms with Crippen molar-refractivity contribution in [2.45, 2.75) is 0 Å². The first-order valence-electron chi connectivity index (χ1n) is 17.7. The van der Waals surface area contributed by atoms with Crippen LogP contribution in [0.5, 0.6) is 0 Å². The van der Waals surface area contributed by atoms with Gasteiger partial charge in [0.2, 0.25) is 0 Å². The first-order chi connectivity index (χ1) is 25.8. The lowest BCUT2D eigenvalue weighted by atomic mass is 9.98. The van der Waals surface area contributed by atoms with E-state index in [9.17, 15) is 0 Å². The maximum atomic E-state index is 6.74. The minimum Gasteiger partial charge on any atom is -0.455 e. The van der Waals surface area contributed by atoms with Crippen LogP contribution < -0.4 is 0 Å². The zero-order valence-electron chi connectivity index (χ0n) is 27.9. The number of rotatable bonds is 3. The lowest BCUT2D eigenvalue weighted by molar-refractivity contribution is 0.666. The molecule has 0 atom stereocenters. The Morgan fingerprint density at radius 2 is 0.865 bits per heavy atom. The molecule has 0 saturated heterocycles. The highest BCUT2D eigenvalue weighted by atomic mass is 16.3. The Bertz CT molecular complexity index is 3410. The van der Waals surface area contributed by atoms with Crippen molar-refractivity contribution in [3.8, 4) is 22.5 Å². The van der Waals surface area contributed by atoms with E-state index in [1.807, 2.05) is 12.1 Å². The van der Waals surface area contributed by atoms with Gasteiger partial charge in [-0.15, -0.1) is 0 Å². The minimum absolute atomic E-state index is 0.867. The summed E-state index contributed by atoms with van der Waals surface area (Å²) in [6.45, 7) is 0. The number of aromatic nitrogens is 2. The van der Waals surface area contributed by atoms with E-state index < -0.39 is 0 Å². The molecule has 0 spiro atoms. The normalized spacial score (nSPS) is 12.2.